The van der Waals surface area contributed by atoms with E-state index in [1.54, 1.807) is 0 Å². The normalized spacial score (nSPS) is 10.9. The Kier molecular flexibility index (Phi) is 27.7. The molecule has 16 nitrogen and oxygen atoms in total. The van der Waals surface area contributed by atoms with Crippen LogP contribution in [0.2, 0.25) is 0 Å². The van der Waals surface area contributed by atoms with Crippen molar-refractivity contribution < 1.29 is 75.3 Å². The predicted octanol–water partition coefficient (Wildman–Crippen LogP) is 12.1. The average Bonchev–Trinajstić information content (AvgIpc) is 3.44. The van der Waals surface area contributed by atoms with Crippen molar-refractivity contribution in [3.63, 3.8) is 0 Å². The molecule has 0 aromatic heterocycles. The Morgan fingerprint density at radius 2 is 0.450 bits per heavy atom. The molecule has 0 aliphatic carbocycles. The van der Waals surface area contributed by atoms with Gasteiger partial charge in [-0.05, 0) is 223 Å². The molecule has 0 bridgehead atoms. The Labute approximate surface area is 472 Å². The van der Waals surface area contributed by atoms with Crippen molar-refractivity contribution in [1.29, 1.82) is 0 Å². The van der Waals surface area contributed by atoms with Gasteiger partial charge < -0.3 is 42.0 Å². The van der Waals surface area contributed by atoms with Crippen LogP contribution < -0.4 is 13.6 Å². The minimum atomic E-state index is -4.99. The Hall–Kier alpha value is -7.45. The van der Waals surface area contributed by atoms with Crippen molar-refractivity contribution in [2.24, 2.45) is 0 Å². The quantitative estimate of drug-likeness (QED) is 0.0175. The first kappa shape index (κ1) is 66.8. The first-order valence-electron chi connectivity index (χ1n) is 26.8. The summed E-state index contributed by atoms with van der Waals surface area (Å²) in [5.41, 5.74) is 11.6. The van der Waals surface area contributed by atoms with Gasteiger partial charge in [-0.1, -0.05) is 39.5 Å². The van der Waals surface area contributed by atoms with Crippen LogP contribution in [0.4, 0.5) is 0 Å². The number of phosphoric acid groups is 1. The Morgan fingerprint density at radius 1 is 0.300 bits per heavy atom. The molecule has 0 fully saturated rings. The highest BCUT2D eigenvalue weighted by Crippen LogP contribution is 2.56. The molecule has 434 valence electrons. The van der Waals surface area contributed by atoms with Gasteiger partial charge in [-0.3, -0.25) is 0 Å². The molecule has 0 radical (unpaired) electrons. The van der Waals surface area contributed by atoms with Gasteiger partial charge >= 0.3 is 43.6 Å². The highest BCUT2D eigenvalue weighted by molar-refractivity contribution is 7.49. The summed E-state index contributed by atoms with van der Waals surface area (Å²) in [7, 11) is -4.99. The summed E-state index contributed by atoms with van der Waals surface area (Å²) in [5, 5.41) is 0. The van der Waals surface area contributed by atoms with Crippen LogP contribution >= 0.6 is 7.82 Å². The molecule has 80 heavy (non-hydrogen) atoms. The van der Waals surface area contributed by atoms with Gasteiger partial charge in [-0.2, -0.15) is 4.57 Å². The van der Waals surface area contributed by atoms with Gasteiger partial charge in [0.25, 0.3) is 0 Å². The fourth-order valence-corrected chi connectivity index (χ4v) is 11.4. The highest BCUT2D eigenvalue weighted by Gasteiger charge is 2.39. The van der Waals surface area contributed by atoms with Crippen molar-refractivity contribution >= 4 is 43.6 Å². The zero-order valence-electron chi connectivity index (χ0n) is 48.4. The SMILES string of the molecule is C=CC(=O)OCCCc1c(C)c(CCCOC(=O)C=C)c(C)c(OP(=O)(Oc2c(C)c(CCCOC(=O)C=C)c(C)c(CCCOC(=O)C=C)c2C)Oc2c(C)c(CCCOC(=O)C=C)c(C)c(CCCOC(=O)C=C)c2C)c1C. The van der Waals surface area contributed by atoms with E-state index in [0.717, 1.165) is 86.5 Å². The van der Waals surface area contributed by atoms with Crippen LogP contribution in [0.1, 0.15) is 122 Å². The van der Waals surface area contributed by atoms with Crippen LogP contribution in [-0.2, 0) is 100 Å². The minimum absolute atomic E-state index is 0.0966. The average molecular weight is 1130 g/mol. The van der Waals surface area contributed by atoms with Crippen molar-refractivity contribution in [3.05, 3.63) is 159 Å². The number of esters is 6. The van der Waals surface area contributed by atoms with E-state index in [4.69, 9.17) is 42.0 Å². The Balaban J connectivity index is 2.50. The summed E-state index contributed by atoms with van der Waals surface area (Å²) in [6.07, 6.45) is 11.6. The van der Waals surface area contributed by atoms with E-state index in [2.05, 4.69) is 39.5 Å². The zero-order chi connectivity index (χ0) is 59.7. The third-order valence-electron chi connectivity index (χ3n) is 14.0. The van der Waals surface area contributed by atoms with Crippen LogP contribution in [0, 0.1) is 62.3 Å². The molecule has 0 atom stereocenters. The molecule has 0 spiro atoms. The van der Waals surface area contributed by atoms with E-state index in [9.17, 15) is 28.8 Å². The number of ether oxygens (including phenoxy) is 6. The second kappa shape index (κ2) is 33.2. The fourth-order valence-electron chi connectivity index (χ4n) is 9.84. The number of hydrogen-bond acceptors (Lipinski definition) is 16. The molecular formula is C63H81O16P. The third-order valence-corrected chi connectivity index (χ3v) is 15.2. The molecule has 3 aromatic rings. The van der Waals surface area contributed by atoms with Crippen molar-refractivity contribution in [1.82, 2.24) is 0 Å². The van der Waals surface area contributed by atoms with E-state index in [1.165, 1.54) is 0 Å². The molecule has 0 saturated carbocycles. The lowest BCUT2D eigenvalue weighted by Gasteiger charge is -2.29. The maximum absolute atomic E-state index is 16.7. The number of benzene rings is 3. The van der Waals surface area contributed by atoms with Crippen molar-refractivity contribution in [3.8, 4) is 17.2 Å². The topological polar surface area (TPSA) is 203 Å². The lowest BCUT2D eigenvalue weighted by molar-refractivity contribution is -0.138. The molecule has 0 N–H and O–H groups in total. The van der Waals surface area contributed by atoms with E-state index in [1.807, 2.05) is 62.3 Å². The summed E-state index contributed by atoms with van der Waals surface area (Å²) in [6.45, 7) is 38.6. The standard InChI is InChI=1S/C63H81O16P/c1-16-55(64)71-34-22-28-49-40(7)50(29-23-35-72-56(65)17-2)44(11)61(43(49)10)77-80(70,78-62-45(12)51(30-24-36-73-57(66)18-3)41(8)52(46(62)13)31-25-37-74-58(67)19-4)79-63-47(14)53(32-26-38-75-59(68)20-5)42(9)54(48(63)15)33-27-39-76-60(69)21-6/h16-21H,1-6,22-39H2,7-15H3. The monoisotopic (exact) mass is 1120 g/mol. The third kappa shape index (κ3) is 19.1. The number of carbonyl (C=O) groups is 6. The van der Waals surface area contributed by atoms with Gasteiger partial charge in [0.15, 0.2) is 0 Å². The second-order valence-corrected chi connectivity index (χ2v) is 20.5. The summed E-state index contributed by atoms with van der Waals surface area (Å²) in [5.74, 6) is -2.68. The molecule has 0 amide bonds. The number of rotatable bonds is 36. The molecule has 17 heteroatoms. The van der Waals surface area contributed by atoms with Crippen molar-refractivity contribution in [2.75, 3.05) is 39.6 Å². The van der Waals surface area contributed by atoms with Gasteiger partial charge in [-0.15, -0.1) is 0 Å². The van der Waals surface area contributed by atoms with Crippen LogP contribution in [-0.4, -0.2) is 75.5 Å². The largest absolute Gasteiger partial charge is 0.647 e. The Bertz CT molecular complexity index is 2400. The smallest absolute Gasteiger partial charge is 0.463 e. The van der Waals surface area contributed by atoms with Gasteiger partial charge in [0.05, 0.1) is 39.6 Å². The van der Waals surface area contributed by atoms with Crippen LogP contribution in [0.3, 0.4) is 0 Å². The molecule has 3 rings (SSSR count). The van der Waals surface area contributed by atoms with E-state index < -0.39 is 43.6 Å². The second-order valence-electron chi connectivity index (χ2n) is 19.1. The number of hydrogen-bond donors (Lipinski definition) is 0. The fraction of sp³-hybridized carbons (Fsp3) is 0.429. The molecule has 0 aliphatic heterocycles. The number of carbonyl (C=O) groups excluding carboxylic acids is 6. The van der Waals surface area contributed by atoms with Crippen LogP contribution in [0.5, 0.6) is 17.2 Å². The lowest BCUT2D eigenvalue weighted by Crippen LogP contribution is -2.16. The first-order valence-corrected chi connectivity index (χ1v) is 28.3. The minimum Gasteiger partial charge on any atom is -0.463 e. The van der Waals surface area contributed by atoms with Gasteiger partial charge in [0.1, 0.15) is 17.2 Å². The molecule has 0 saturated heterocycles. The molecular weight excluding hydrogens is 1040 g/mol. The summed E-state index contributed by atoms with van der Waals surface area (Å²) < 4.78 is 69.7. The van der Waals surface area contributed by atoms with E-state index >= 15 is 4.57 Å². The summed E-state index contributed by atoms with van der Waals surface area (Å²) >= 11 is 0. The highest BCUT2D eigenvalue weighted by atomic mass is 31.2. The zero-order valence-corrected chi connectivity index (χ0v) is 49.3. The molecule has 0 heterocycles. The van der Waals surface area contributed by atoms with E-state index in [0.29, 0.717) is 110 Å². The van der Waals surface area contributed by atoms with E-state index in [-0.39, 0.29) is 56.9 Å². The first-order chi connectivity index (χ1) is 38.0. The molecule has 0 unspecified atom stereocenters. The summed E-state index contributed by atoms with van der Waals surface area (Å²) in [6, 6.07) is 0. The van der Waals surface area contributed by atoms with Crippen LogP contribution in [0.15, 0.2) is 75.9 Å². The molecule has 0 aliphatic rings. The summed E-state index contributed by atoms with van der Waals surface area (Å²) in [4.78, 5) is 72.4. The van der Waals surface area contributed by atoms with Gasteiger partial charge in [0.2, 0.25) is 0 Å². The van der Waals surface area contributed by atoms with Crippen molar-refractivity contribution in [2.45, 2.75) is 139 Å². The maximum Gasteiger partial charge on any atom is 0.647 e. The molecule has 3 aromatic carbocycles. The number of phosphoric ester groups is 1. The van der Waals surface area contributed by atoms with Crippen LogP contribution in [0.25, 0.3) is 0 Å². The van der Waals surface area contributed by atoms with Gasteiger partial charge in [-0.25, -0.2) is 28.8 Å². The maximum atomic E-state index is 16.7. The predicted molar refractivity (Wildman–Crippen MR) is 308 cm³/mol. The lowest BCUT2D eigenvalue weighted by atomic mass is 9.88. The Morgan fingerprint density at radius 3 is 0.588 bits per heavy atom. The van der Waals surface area contributed by atoms with Gasteiger partial charge in [0, 0.05) is 36.5 Å².